The van der Waals surface area contributed by atoms with Gasteiger partial charge in [-0.3, -0.25) is 9.59 Å². The number of hydrogen-bond acceptors (Lipinski definition) is 13. The number of carboxylic acid groups (broad SMARTS) is 1. The molecule has 0 unspecified atom stereocenters. The molecule has 16 nitrogen and oxygen atoms in total. The molecular weight excluding hydrogens is 678 g/mol. The zero-order valence-corrected chi connectivity index (χ0v) is 32.3. The van der Waals surface area contributed by atoms with E-state index in [-0.39, 0.29) is 32.1 Å². The van der Waals surface area contributed by atoms with E-state index in [1.165, 1.54) is 0 Å². The Morgan fingerprint density at radius 1 is 0.755 bits per heavy atom. The second-order valence-electron chi connectivity index (χ2n) is 15.4. The highest BCUT2D eigenvalue weighted by molar-refractivity contribution is 5.84. The van der Waals surface area contributed by atoms with Crippen LogP contribution in [-0.4, -0.2) is 112 Å². The van der Waals surface area contributed by atoms with Gasteiger partial charge in [0.25, 0.3) is 0 Å². The van der Waals surface area contributed by atoms with E-state index in [0.717, 1.165) is 72.6 Å². The van der Waals surface area contributed by atoms with E-state index in [4.69, 9.17) is 25.9 Å². The summed E-state index contributed by atoms with van der Waals surface area (Å²) in [5, 5.41) is 26.7. The lowest BCUT2D eigenvalue weighted by atomic mass is 9.88. The van der Waals surface area contributed by atoms with Gasteiger partial charge in [-0.25, -0.2) is 29.9 Å². The van der Waals surface area contributed by atoms with Gasteiger partial charge in [0, 0.05) is 81.7 Å². The van der Waals surface area contributed by atoms with Crippen LogP contribution in [0.1, 0.15) is 69.5 Å². The standard InChI is InChI=1S/C19H27N5O2.C14H17N5O2.C4H11NO/c1-19(2,11-25)8-13(26)9-24(4)18-14-6-5-7-15(14)21-17(22-18)16-10-23(3)12-20-16;1-18-6-11(15-8-18)13-16-10-5-3-4-9(10)14(17-13)19(2)7-12(20)21;1-4(2,5)3-6/h10,12,25H,5-9,11H2,1-4H3;6,8H,3-5,7H2,1-2H3,(H,20,21);6H,3,5H2,1-2H3. The van der Waals surface area contributed by atoms with Crippen molar-refractivity contribution in [2.45, 2.75) is 78.2 Å². The van der Waals surface area contributed by atoms with Crippen molar-refractivity contribution in [1.82, 2.24) is 39.0 Å². The number of carbonyl (C=O) groups excluding carboxylic acids is 1. The molecule has 0 radical (unpaired) electrons. The van der Waals surface area contributed by atoms with Crippen LogP contribution in [0.25, 0.3) is 23.0 Å². The summed E-state index contributed by atoms with van der Waals surface area (Å²) in [4.78, 5) is 54.2. The summed E-state index contributed by atoms with van der Waals surface area (Å²) in [6, 6.07) is 0. The van der Waals surface area contributed by atoms with Crippen molar-refractivity contribution in [1.29, 1.82) is 0 Å². The number of nitrogens with two attached hydrogens (primary N) is 1. The number of anilines is 2. The molecule has 6 rings (SSSR count). The van der Waals surface area contributed by atoms with Crippen LogP contribution in [0.15, 0.2) is 25.0 Å². The third-order valence-corrected chi connectivity index (χ3v) is 8.71. The zero-order valence-electron chi connectivity index (χ0n) is 32.3. The molecule has 0 fully saturated rings. The highest BCUT2D eigenvalue weighted by Gasteiger charge is 2.27. The Morgan fingerprint density at radius 2 is 1.19 bits per heavy atom. The Morgan fingerprint density at radius 3 is 1.55 bits per heavy atom. The van der Waals surface area contributed by atoms with Gasteiger partial charge >= 0.3 is 5.97 Å². The van der Waals surface area contributed by atoms with Crippen molar-refractivity contribution in [3.05, 3.63) is 47.6 Å². The summed E-state index contributed by atoms with van der Waals surface area (Å²) in [6.07, 6.45) is 13.3. The summed E-state index contributed by atoms with van der Waals surface area (Å²) in [6.45, 7) is 7.57. The van der Waals surface area contributed by atoms with Crippen LogP contribution in [0, 0.1) is 5.41 Å². The smallest absolute Gasteiger partial charge is 0.323 e. The minimum absolute atomic E-state index is 0.00478. The number of nitrogens with zero attached hydrogens (tertiary/aromatic N) is 10. The lowest BCUT2D eigenvalue weighted by Gasteiger charge is -2.24. The number of rotatable bonds is 12. The summed E-state index contributed by atoms with van der Waals surface area (Å²) >= 11 is 0. The fourth-order valence-corrected chi connectivity index (χ4v) is 6.01. The Hall–Kier alpha value is -4.80. The third-order valence-electron chi connectivity index (χ3n) is 8.71. The second kappa shape index (κ2) is 17.4. The van der Waals surface area contributed by atoms with Crippen LogP contribution >= 0.6 is 0 Å². The van der Waals surface area contributed by atoms with Crippen molar-refractivity contribution in [2.75, 3.05) is 50.2 Å². The molecule has 5 N–H and O–H groups in total. The fourth-order valence-electron chi connectivity index (χ4n) is 6.01. The topological polar surface area (TPSA) is 215 Å². The molecule has 0 bridgehead atoms. The third kappa shape index (κ3) is 11.3. The second-order valence-corrected chi connectivity index (χ2v) is 15.4. The van der Waals surface area contributed by atoms with Gasteiger partial charge in [-0.1, -0.05) is 13.8 Å². The van der Waals surface area contributed by atoms with E-state index < -0.39 is 16.9 Å². The first-order valence-corrected chi connectivity index (χ1v) is 17.8. The van der Waals surface area contributed by atoms with Crippen molar-refractivity contribution in [2.24, 2.45) is 25.2 Å². The number of carbonyl (C=O) groups is 2. The number of aromatic nitrogens is 8. The summed E-state index contributed by atoms with van der Waals surface area (Å²) in [7, 11) is 7.45. The Bertz CT molecular complexity index is 1880. The normalized spacial score (nSPS) is 13.3. The first-order chi connectivity index (χ1) is 24.9. The zero-order chi connectivity index (χ0) is 39.1. The monoisotopic (exact) mass is 733 g/mol. The molecule has 4 aromatic heterocycles. The maximum Gasteiger partial charge on any atom is 0.323 e. The predicted molar refractivity (Wildman–Crippen MR) is 203 cm³/mol. The Kier molecular flexibility index (Phi) is 13.4. The highest BCUT2D eigenvalue weighted by Crippen LogP contribution is 2.32. The van der Waals surface area contributed by atoms with Gasteiger partial charge in [0.1, 0.15) is 29.6 Å². The van der Waals surface area contributed by atoms with Crippen LogP contribution < -0.4 is 15.5 Å². The van der Waals surface area contributed by atoms with E-state index in [9.17, 15) is 14.7 Å². The number of aliphatic carboxylic acids is 1. The number of hydrogen-bond donors (Lipinski definition) is 4. The quantitative estimate of drug-likeness (QED) is 0.165. The van der Waals surface area contributed by atoms with Gasteiger partial charge in [0.2, 0.25) is 0 Å². The van der Waals surface area contributed by atoms with Gasteiger partial charge < -0.3 is 40.0 Å². The molecule has 4 aromatic rings. The molecule has 0 amide bonds. The van der Waals surface area contributed by atoms with E-state index in [2.05, 4.69) is 19.9 Å². The van der Waals surface area contributed by atoms with Crippen LogP contribution in [0.3, 0.4) is 0 Å². The lowest BCUT2D eigenvalue weighted by molar-refractivity contribution is -0.135. The molecule has 0 atom stereocenters. The van der Waals surface area contributed by atoms with Gasteiger partial charge in [-0.05, 0) is 57.8 Å². The average molecular weight is 734 g/mol. The minimum atomic E-state index is -0.873. The predicted octanol–water partition coefficient (Wildman–Crippen LogP) is 2.38. The molecule has 16 heteroatoms. The summed E-state index contributed by atoms with van der Waals surface area (Å²) < 4.78 is 3.71. The van der Waals surface area contributed by atoms with E-state index >= 15 is 0 Å². The molecule has 0 aromatic carbocycles. The molecule has 53 heavy (non-hydrogen) atoms. The number of fused-ring (bicyclic) bond motifs is 2. The van der Waals surface area contributed by atoms with Crippen molar-refractivity contribution >= 4 is 23.4 Å². The number of aliphatic hydroxyl groups is 2. The number of Topliss-reactive ketones (excluding diaryl/α,β-unsaturated/α-hetero) is 1. The highest BCUT2D eigenvalue weighted by atomic mass is 16.4. The largest absolute Gasteiger partial charge is 0.480 e. The van der Waals surface area contributed by atoms with E-state index in [1.807, 2.05) is 61.4 Å². The number of aryl methyl sites for hydroxylation is 4. The van der Waals surface area contributed by atoms with Crippen LogP contribution in [0.5, 0.6) is 0 Å². The van der Waals surface area contributed by atoms with Gasteiger partial charge in [0.15, 0.2) is 17.4 Å². The van der Waals surface area contributed by atoms with Gasteiger partial charge in [0.05, 0.1) is 25.8 Å². The minimum Gasteiger partial charge on any atom is -0.480 e. The maximum absolute atomic E-state index is 12.4. The summed E-state index contributed by atoms with van der Waals surface area (Å²) in [5.41, 5.74) is 10.2. The summed E-state index contributed by atoms with van der Waals surface area (Å²) in [5.74, 6) is 1.92. The van der Waals surface area contributed by atoms with Crippen LogP contribution in [0.2, 0.25) is 0 Å². The Balaban J connectivity index is 0.000000209. The molecule has 0 saturated heterocycles. The van der Waals surface area contributed by atoms with Crippen molar-refractivity contribution in [3.8, 4) is 23.0 Å². The van der Waals surface area contributed by atoms with E-state index in [1.54, 1.807) is 38.4 Å². The van der Waals surface area contributed by atoms with Gasteiger partial charge in [-0.2, -0.15) is 0 Å². The van der Waals surface area contributed by atoms with Crippen molar-refractivity contribution in [3.63, 3.8) is 0 Å². The SMILES string of the molecule is CC(C)(N)CO.CN(CC(=O)CC(C)(C)CO)c1nc(-c2cn(C)cn2)nc2c1CCC2.CN(CC(=O)O)c1nc(-c2cn(C)cn2)nc2c1CCC2. The molecule has 288 valence electrons. The van der Waals surface area contributed by atoms with Crippen molar-refractivity contribution < 1.29 is 24.9 Å². The van der Waals surface area contributed by atoms with Gasteiger partial charge in [-0.15, -0.1) is 0 Å². The first-order valence-electron chi connectivity index (χ1n) is 17.8. The molecule has 2 aliphatic carbocycles. The lowest BCUT2D eigenvalue weighted by Crippen LogP contribution is -2.35. The molecule has 0 aliphatic heterocycles. The number of likely N-dealkylation sites (N-methyl/N-ethyl adjacent to an activating group) is 2. The van der Waals surface area contributed by atoms with Crippen LogP contribution in [0.4, 0.5) is 11.6 Å². The molecule has 0 saturated carbocycles. The average Bonchev–Trinajstić information content (AvgIpc) is 3.91. The maximum atomic E-state index is 12.4. The first kappa shape index (κ1) is 41.0. The number of carboxylic acids is 1. The van der Waals surface area contributed by atoms with E-state index in [0.29, 0.717) is 29.6 Å². The van der Waals surface area contributed by atoms with Crippen LogP contribution in [-0.2, 0) is 49.4 Å². The Labute approximate surface area is 311 Å². The molecule has 2 aliphatic rings. The molecular formula is C37H55N11O5. The molecule has 4 heterocycles. The molecule has 0 spiro atoms. The number of imidazole rings is 2. The number of aliphatic hydroxyl groups excluding tert-OH is 2. The number of ketones is 1. The fraction of sp³-hybridized carbons (Fsp3) is 0.568.